The molecule has 0 saturated heterocycles. The molecule has 29 heavy (non-hydrogen) atoms. The van der Waals surface area contributed by atoms with Crippen molar-refractivity contribution >= 4 is 28.9 Å². The van der Waals surface area contributed by atoms with Gasteiger partial charge >= 0.3 is 0 Å². The van der Waals surface area contributed by atoms with E-state index in [9.17, 15) is 9.18 Å². The van der Waals surface area contributed by atoms with Crippen LogP contribution in [0.25, 0.3) is 0 Å². The summed E-state index contributed by atoms with van der Waals surface area (Å²) in [5.41, 5.74) is 2.69. The molecule has 1 aliphatic carbocycles. The molecular weight excluding hydrogens is 371 g/mol. The first-order chi connectivity index (χ1) is 14.1. The molecule has 1 heterocycles. The molecule has 0 aliphatic heterocycles. The van der Waals surface area contributed by atoms with Crippen LogP contribution >= 0.6 is 0 Å². The van der Waals surface area contributed by atoms with Gasteiger partial charge in [-0.1, -0.05) is 0 Å². The first-order valence-corrected chi connectivity index (χ1v) is 9.59. The number of hydrogen-bond acceptors (Lipinski definition) is 6. The minimum absolute atomic E-state index is 0.0171. The summed E-state index contributed by atoms with van der Waals surface area (Å²) in [7, 11) is 0. The van der Waals surface area contributed by atoms with Gasteiger partial charge in [-0.2, -0.15) is 4.98 Å². The monoisotopic (exact) mass is 392 g/mol. The van der Waals surface area contributed by atoms with Crippen LogP contribution in [-0.2, 0) is 6.42 Å². The number of hydrogen-bond donors (Lipinski definition) is 2. The maximum absolute atomic E-state index is 13.2. The van der Waals surface area contributed by atoms with E-state index in [2.05, 4.69) is 20.6 Å². The van der Waals surface area contributed by atoms with E-state index in [4.69, 9.17) is 4.74 Å². The molecule has 1 aromatic heterocycles. The summed E-state index contributed by atoms with van der Waals surface area (Å²) in [6, 6.07) is 13.4. The van der Waals surface area contributed by atoms with Crippen LogP contribution in [-0.4, -0.2) is 22.4 Å². The zero-order valence-corrected chi connectivity index (χ0v) is 16.0. The van der Waals surface area contributed by atoms with E-state index in [0.717, 1.165) is 17.9 Å². The molecule has 0 saturated carbocycles. The van der Waals surface area contributed by atoms with E-state index in [1.54, 1.807) is 12.1 Å². The fraction of sp³-hybridized carbons (Fsp3) is 0.227. The second kappa shape index (κ2) is 8.26. The Labute approximate surface area is 168 Å². The Kier molecular flexibility index (Phi) is 5.37. The Bertz CT molecular complexity index is 1020. The average Bonchev–Trinajstić information content (AvgIpc) is 2.71. The summed E-state index contributed by atoms with van der Waals surface area (Å²) in [5.74, 6) is 1.30. The fourth-order valence-corrected chi connectivity index (χ4v) is 3.27. The molecule has 2 aromatic carbocycles. The van der Waals surface area contributed by atoms with Crippen LogP contribution in [0.1, 0.15) is 35.8 Å². The number of Topliss-reactive ketones (excluding diaryl/α,β-unsaturated/α-hetero) is 1. The van der Waals surface area contributed by atoms with Crippen molar-refractivity contribution in [3.63, 3.8) is 0 Å². The van der Waals surface area contributed by atoms with E-state index in [1.165, 1.54) is 12.1 Å². The van der Waals surface area contributed by atoms with E-state index < -0.39 is 0 Å². The van der Waals surface area contributed by atoms with Gasteiger partial charge in [0.2, 0.25) is 5.95 Å². The standard InChI is InChI=1S/C22H21FN4O2/c1-2-29-17-12-10-16(11-13-17)25-22-26-18-4-3-5-19(28)20(18)21(27-22)24-15-8-6-14(23)7-9-15/h6-13H,2-5H2,1H3,(H2,24,25,26,27). The lowest BCUT2D eigenvalue weighted by Crippen LogP contribution is -2.17. The summed E-state index contributed by atoms with van der Waals surface area (Å²) >= 11 is 0. The molecule has 0 spiro atoms. The molecule has 1 aliphatic rings. The smallest absolute Gasteiger partial charge is 0.229 e. The SMILES string of the molecule is CCOc1ccc(Nc2nc3c(c(Nc4ccc(F)cc4)n2)C(=O)CCC3)cc1. The van der Waals surface area contributed by atoms with E-state index >= 15 is 0 Å². The Balaban J connectivity index is 1.66. The van der Waals surface area contributed by atoms with Crippen LogP contribution in [0.3, 0.4) is 0 Å². The lowest BCUT2D eigenvalue weighted by atomic mass is 9.95. The Morgan fingerprint density at radius 3 is 2.38 bits per heavy atom. The van der Waals surface area contributed by atoms with Crippen molar-refractivity contribution in [2.75, 3.05) is 17.2 Å². The van der Waals surface area contributed by atoms with Crippen LogP contribution in [0, 0.1) is 5.82 Å². The summed E-state index contributed by atoms with van der Waals surface area (Å²) < 4.78 is 18.7. The highest BCUT2D eigenvalue weighted by molar-refractivity contribution is 6.03. The Morgan fingerprint density at radius 2 is 1.66 bits per heavy atom. The number of fused-ring (bicyclic) bond motifs is 1. The van der Waals surface area contributed by atoms with Crippen molar-refractivity contribution < 1.29 is 13.9 Å². The molecule has 0 amide bonds. The number of aromatic nitrogens is 2. The van der Waals surface area contributed by atoms with Crippen molar-refractivity contribution in [3.8, 4) is 5.75 Å². The third-order valence-electron chi connectivity index (χ3n) is 4.61. The highest BCUT2D eigenvalue weighted by Crippen LogP contribution is 2.30. The number of benzene rings is 2. The summed E-state index contributed by atoms with van der Waals surface area (Å²) in [5, 5.41) is 6.33. The largest absolute Gasteiger partial charge is 0.494 e. The van der Waals surface area contributed by atoms with E-state index in [-0.39, 0.29) is 11.6 Å². The molecule has 0 radical (unpaired) electrons. The van der Waals surface area contributed by atoms with Crippen molar-refractivity contribution in [1.29, 1.82) is 0 Å². The molecular formula is C22H21FN4O2. The number of nitrogens with zero attached hydrogens (tertiary/aromatic N) is 2. The first kappa shape index (κ1) is 18.9. The van der Waals surface area contributed by atoms with Gasteiger partial charge in [-0.25, -0.2) is 9.37 Å². The molecule has 3 aromatic rings. The molecule has 2 N–H and O–H groups in total. The highest BCUT2D eigenvalue weighted by atomic mass is 19.1. The van der Waals surface area contributed by atoms with Crippen molar-refractivity contribution in [2.45, 2.75) is 26.2 Å². The van der Waals surface area contributed by atoms with Crippen LogP contribution < -0.4 is 15.4 Å². The van der Waals surface area contributed by atoms with Gasteiger partial charge in [-0.05, 0) is 68.3 Å². The van der Waals surface area contributed by atoms with Gasteiger partial charge in [0.1, 0.15) is 17.4 Å². The minimum atomic E-state index is -0.325. The number of ether oxygens (including phenoxy) is 1. The van der Waals surface area contributed by atoms with Gasteiger partial charge in [0.25, 0.3) is 0 Å². The number of ketones is 1. The molecule has 0 fully saturated rings. The molecule has 148 valence electrons. The predicted molar refractivity (Wildman–Crippen MR) is 110 cm³/mol. The zero-order chi connectivity index (χ0) is 20.2. The number of anilines is 4. The van der Waals surface area contributed by atoms with E-state index in [0.29, 0.717) is 48.2 Å². The molecule has 4 rings (SSSR count). The van der Waals surface area contributed by atoms with Gasteiger partial charge in [-0.3, -0.25) is 4.79 Å². The summed E-state index contributed by atoms with van der Waals surface area (Å²) in [6.07, 6.45) is 1.95. The van der Waals surface area contributed by atoms with Gasteiger partial charge in [-0.15, -0.1) is 0 Å². The normalized spacial score (nSPS) is 13.0. The third kappa shape index (κ3) is 4.34. The Hall–Kier alpha value is -3.48. The highest BCUT2D eigenvalue weighted by Gasteiger charge is 2.24. The molecule has 0 bridgehead atoms. The van der Waals surface area contributed by atoms with Gasteiger partial charge in [0, 0.05) is 17.8 Å². The summed E-state index contributed by atoms with van der Waals surface area (Å²) in [4.78, 5) is 21.6. The van der Waals surface area contributed by atoms with Crippen LogP contribution in [0.5, 0.6) is 5.75 Å². The fourth-order valence-electron chi connectivity index (χ4n) is 3.27. The number of halogens is 1. The lowest BCUT2D eigenvalue weighted by Gasteiger charge is -2.19. The number of rotatable bonds is 6. The Morgan fingerprint density at radius 1 is 0.966 bits per heavy atom. The zero-order valence-electron chi connectivity index (χ0n) is 16.0. The number of aryl methyl sites for hydroxylation is 1. The first-order valence-electron chi connectivity index (χ1n) is 9.59. The second-order valence-electron chi connectivity index (χ2n) is 6.71. The quantitative estimate of drug-likeness (QED) is 0.613. The van der Waals surface area contributed by atoms with Crippen molar-refractivity contribution in [3.05, 3.63) is 65.6 Å². The number of carbonyl (C=O) groups excluding carboxylic acids is 1. The molecule has 6 nitrogen and oxygen atoms in total. The maximum atomic E-state index is 13.2. The maximum Gasteiger partial charge on any atom is 0.229 e. The van der Waals surface area contributed by atoms with Crippen LogP contribution in [0.4, 0.5) is 27.5 Å². The number of nitrogens with one attached hydrogen (secondary N) is 2. The second-order valence-corrected chi connectivity index (χ2v) is 6.71. The van der Waals surface area contributed by atoms with Crippen molar-refractivity contribution in [1.82, 2.24) is 9.97 Å². The molecule has 0 unspecified atom stereocenters. The van der Waals surface area contributed by atoms with Gasteiger partial charge in [0.05, 0.1) is 17.9 Å². The van der Waals surface area contributed by atoms with Gasteiger partial charge in [0.15, 0.2) is 5.78 Å². The topological polar surface area (TPSA) is 76.1 Å². The van der Waals surface area contributed by atoms with Gasteiger partial charge < -0.3 is 15.4 Å². The minimum Gasteiger partial charge on any atom is -0.494 e. The predicted octanol–water partition coefficient (Wildman–Crippen LogP) is 5.02. The van der Waals surface area contributed by atoms with Crippen LogP contribution in [0.15, 0.2) is 48.5 Å². The van der Waals surface area contributed by atoms with Crippen LogP contribution in [0.2, 0.25) is 0 Å². The average molecular weight is 392 g/mol. The molecule has 0 atom stereocenters. The van der Waals surface area contributed by atoms with E-state index in [1.807, 2.05) is 31.2 Å². The lowest BCUT2D eigenvalue weighted by molar-refractivity contribution is 0.0972. The van der Waals surface area contributed by atoms with Crippen molar-refractivity contribution in [2.24, 2.45) is 0 Å². The molecule has 7 heteroatoms. The number of carbonyl (C=O) groups is 1. The summed E-state index contributed by atoms with van der Waals surface area (Å²) in [6.45, 7) is 2.54. The third-order valence-corrected chi connectivity index (χ3v) is 4.61.